The van der Waals surface area contributed by atoms with E-state index in [0.717, 1.165) is 0 Å². The molecule has 7 nitrogen and oxygen atoms in total. The molecule has 0 spiro atoms. The van der Waals surface area contributed by atoms with Gasteiger partial charge in [-0.2, -0.15) is 0 Å². The summed E-state index contributed by atoms with van der Waals surface area (Å²) in [5, 5.41) is 15.1. The molecule has 0 aromatic heterocycles. The van der Waals surface area contributed by atoms with E-state index in [1.165, 1.54) is 0 Å². The maximum atomic E-state index is 9.18. The van der Waals surface area contributed by atoms with E-state index >= 15 is 0 Å². The maximum absolute atomic E-state index is 9.18. The van der Waals surface area contributed by atoms with Crippen LogP contribution in [0.5, 0.6) is 0 Å². The van der Waals surface area contributed by atoms with Gasteiger partial charge in [0.15, 0.2) is 0 Å². The molecule has 0 aliphatic rings. The van der Waals surface area contributed by atoms with Crippen LogP contribution in [0.2, 0.25) is 0 Å². The number of hydrogen-bond donors (Lipinski definition) is 2. The third kappa shape index (κ3) is 56.8. The van der Waals surface area contributed by atoms with Gasteiger partial charge in [-0.05, 0) is 0 Å². The summed E-state index contributed by atoms with van der Waals surface area (Å²) in [5.74, 6) is -2.16. The molecule has 0 radical (unpaired) electrons. The van der Waals surface area contributed by atoms with Crippen LogP contribution in [-0.4, -0.2) is 40.7 Å². The van der Waals surface area contributed by atoms with Gasteiger partial charge in [0, 0.05) is 0 Å². The Morgan fingerprint density at radius 1 is 1.00 bits per heavy atom. The zero-order valence-corrected chi connectivity index (χ0v) is 9.30. The summed E-state index contributed by atoms with van der Waals surface area (Å²) in [5.41, 5.74) is 12.1. The molecular formula is C4H10N2O5Zn. The van der Waals surface area contributed by atoms with Crippen LogP contribution in [0.1, 0.15) is 0 Å². The summed E-state index contributed by atoms with van der Waals surface area (Å²) in [4.78, 5) is 18.4. The normalized spacial score (nSPS) is 6.17. The summed E-state index contributed by atoms with van der Waals surface area (Å²) >= 11 is 0. The fourth-order valence-electron chi connectivity index (χ4n) is 0. The Bertz CT molecular complexity index is 106. The Kier molecular flexibility index (Phi) is 31.6. The van der Waals surface area contributed by atoms with Crippen molar-refractivity contribution in [2.24, 2.45) is 0 Å². The molecule has 0 aliphatic carbocycles. The van der Waals surface area contributed by atoms with Crippen LogP contribution in [0.4, 0.5) is 0 Å². The average molecular weight is 232 g/mol. The van der Waals surface area contributed by atoms with Crippen LogP contribution in [0.3, 0.4) is 0 Å². The Morgan fingerprint density at radius 3 is 1.08 bits per heavy atom. The zero-order valence-electron chi connectivity index (χ0n) is 6.33. The third-order valence-electron chi connectivity index (χ3n) is 0.302. The van der Waals surface area contributed by atoms with Crippen molar-refractivity contribution in [2.45, 2.75) is 0 Å². The summed E-state index contributed by atoms with van der Waals surface area (Å²) in [7, 11) is 0. The van der Waals surface area contributed by atoms with Crippen molar-refractivity contribution in [2.75, 3.05) is 13.1 Å². The standard InChI is InChI=1S/2C2H4NO2.H2O.Zn/c2*3-1-2(4)5;;/h2*3H,1H2,(H,4,5);1H2;/q2*-1;;+2. The Hall–Kier alpha value is -0.557. The van der Waals surface area contributed by atoms with E-state index in [-0.39, 0.29) is 25.0 Å². The summed E-state index contributed by atoms with van der Waals surface area (Å²) in [6.45, 7) is -1.06. The van der Waals surface area contributed by atoms with Gasteiger partial charge >= 0.3 is 19.5 Å². The molecule has 0 amide bonds. The molecule has 0 saturated heterocycles. The predicted octanol–water partition coefficient (Wildman–Crippen LogP) is -0.581. The molecule has 0 unspecified atom stereocenters. The fraction of sp³-hybridized carbons (Fsp3) is 0.500. The van der Waals surface area contributed by atoms with Gasteiger partial charge in [0.2, 0.25) is 0 Å². The monoisotopic (exact) mass is 230 g/mol. The first-order chi connectivity index (χ1) is 4.54. The largest absolute Gasteiger partial charge is 2.00 e. The second kappa shape index (κ2) is 16.8. The minimum Gasteiger partial charge on any atom is -0.668 e. The van der Waals surface area contributed by atoms with E-state index < -0.39 is 25.0 Å². The van der Waals surface area contributed by atoms with Gasteiger partial charge in [0.05, 0.1) is 0 Å². The quantitative estimate of drug-likeness (QED) is 0.610. The average Bonchev–Trinajstić information content (AvgIpc) is 1.89. The molecule has 0 fully saturated rings. The Balaban J connectivity index is -0.0000000457. The van der Waals surface area contributed by atoms with Crippen LogP contribution >= 0.6 is 0 Å². The molecule has 0 atom stereocenters. The van der Waals surface area contributed by atoms with E-state index in [4.69, 9.17) is 21.7 Å². The molecule has 12 heavy (non-hydrogen) atoms. The van der Waals surface area contributed by atoms with Gasteiger partial charge < -0.3 is 27.2 Å². The van der Waals surface area contributed by atoms with Gasteiger partial charge in [-0.3, -0.25) is 9.59 Å². The Labute approximate surface area is 81.8 Å². The SMILES string of the molecule is O.[NH-]CC(=O)O.[NH-]CC(=O)O.[Zn+2]. The number of carbonyl (C=O) groups is 2. The van der Waals surface area contributed by atoms with Gasteiger partial charge in [-0.25, -0.2) is 0 Å². The fourth-order valence-corrected chi connectivity index (χ4v) is 0. The number of hydrogen-bond acceptors (Lipinski definition) is 2. The first-order valence-electron chi connectivity index (χ1n) is 2.27. The van der Waals surface area contributed by atoms with Gasteiger partial charge in [-0.15, -0.1) is 0 Å². The summed E-state index contributed by atoms with van der Waals surface area (Å²) in [6, 6.07) is 0. The van der Waals surface area contributed by atoms with Crippen molar-refractivity contribution in [1.29, 1.82) is 0 Å². The summed E-state index contributed by atoms with van der Waals surface area (Å²) in [6.07, 6.45) is 0. The van der Waals surface area contributed by atoms with Crippen LogP contribution in [0.15, 0.2) is 0 Å². The zero-order chi connectivity index (χ0) is 8.57. The number of aliphatic carboxylic acids is 2. The second-order valence-electron chi connectivity index (χ2n) is 1.14. The first kappa shape index (κ1) is 22.5. The molecule has 0 aromatic carbocycles. The summed E-state index contributed by atoms with van der Waals surface area (Å²) < 4.78 is 0. The second-order valence-corrected chi connectivity index (χ2v) is 1.14. The molecule has 68 valence electrons. The van der Waals surface area contributed by atoms with Crippen molar-refractivity contribution < 1.29 is 44.8 Å². The van der Waals surface area contributed by atoms with Crippen molar-refractivity contribution in [3.05, 3.63) is 11.5 Å². The predicted molar refractivity (Wildman–Crippen MR) is 37.3 cm³/mol. The van der Waals surface area contributed by atoms with Crippen molar-refractivity contribution >= 4 is 11.9 Å². The number of nitrogens with one attached hydrogen (secondary N) is 2. The van der Waals surface area contributed by atoms with Crippen molar-refractivity contribution in [3.63, 3.8) is 0 Å². The van der Waals surface area contributed by atoms with E-state index in [1.54, 1.807) is 0 Å². The van der Waals surface area contributed by atoms with Crippen LogP contribution in [-0.2, 0) is 29.1 Å². The number of carboxylic acid groups (broad SMARTS) is 2. The van der Waals surface area contributed by atoms with E-state index in [2.05, 4.69) is 0 Å². The Morgan fingerprint density at radius 2 is 1.08 bits per heavy atom. The minimum atomic E-state index is -1.08. The van der Waals surface area contributed by atoms with Crippen LogP contribution in [0, 0.1) is 0 Å². The molecule has 0 bridgehead atoms. The van der Waals surface area contributed by atoms with E-state index in [1.807, 2.05) is 0 Å². The minimum absolute atomic E-state index is 0. The molecule has 0 aliphatic heterocycles. The number of rotatable bonds is 2. The molecular weight excluding hydrogens is 221 g/mol. The maximum Gasteiger partial charge on any atom is 2.00 e. The van der Waals surface area contributed by atoms with Gasteiger partial charge in [0.25, 0.3) is 11.9 Å². The van der Waals surface area contributed by atoms with Crippen molar-refractivity contribution in [1.82, 2.24) is 0 Å². The van der Waals surface area contributed by atoms with Crippen molar-refractivity contribution in [3.8, 4) is 0 Å². The first-order valence-corrected chi connectivity index (χ1v) is 2.27. The topological polar surface area (TPSA) is 154 Å². The van der Waals surface area contributed by atoms with Gasteiger partial charge in [-0.1, -0.05) is 13.1 Å². The molecule has 0 saturated carbocycles. The molecule has 8 heteroatoms. The molecule has 0 aromatic rings. The van der Waals surface area contributed by atoms with Crippen LogP contribution < -0.4 is 0 Å². The van der Waals surface area contributed by atoms with E-state index in [9.17, 15) is 9.59 Å². The van der Waals surface area contributed by atoms with Gasteiger partial charge in [0.1, 0.15) is 0 Å². The molecule has 6 N–H and O–H groups in total. The van der Waals surface area contributed by atoms with E-state index in [0.29, 0.717) is 0 Å². The number of carboxylic acids is 2. The smallest absolute Gasteiger partial charge is 0.668 e. The molecule has 0 rings (SSSR count). The van der Waals surface area contributed by atoms with Crippen LogP contribution in [0.25, 0.3) is 11.5 Å². The molecule has 0 heterocycles. The third-order valence-corrected chi connectivity index (χ3v) is 0.302.